The van der Waals surface area contributed by atoms with Gasteiger partial charge in [0.15, 0.2) is 0 Å². The number of hydrogen-bond acceptors (Lipinski definition) is 3. The van der Waals surface area contributed by atoms with Crippen molar-refractivity contribution < 1.29 is 14.7 Å². The number of hydrogen-bond donors (Lipinski definition) is 3. The zero-order valence-corrected chi connectivity index (χ0v) is 12.5. The van der Waals surface area contributed by atoms with E-state index in [1.807, 2.05) is 26.0 Å². The molecule has 5 nitrogen and oxygen atoms in total. The molecule has 0 aliphatic carbocycles. The molecular weight excluding hydrogens is 268 g/mol. The number of carboxylic acids is 1. The van der Waals surface area contributed by atoms with Crippen molar-refractivity contribution in [3.05, 3.63) is 29.3 Å². The number of carbonyl (C=O) groups is 2. The molecule has 0 bridgehead atoms. The highest BCUT2D eigenvalue weighted by Crippen LogP contribution is 2.23. The second-order valence-corrected chi connectivity index (χ2v) is 5.92. The van der Waals surface area contributed by atoms with E-state index in [1.165, 1.54) is 5.56 Å². The fraction of sp³-hybridized carbons (Fsp3) is 0.500. The zero-order chi connectivity index (χ0) is 15.4. The second kappa shape index (κ2) is 6.61. The monoisotopic (exact) mass is 290 g/mol. The molecule has 1 atom stereocenters. The smallest absolute Gasteiger partial charge is 0.308 e. The SMILES string of the molecule is CC(C)CC(CNC(=O)c1ccc2c(c1)NCC2)C(=O)O. The van der Waals surface area contributed by atoms with Crippen LogP contribution in [0.2, 0.25) is 0 Å². The molecule has 1 aliphatic heterocycles. The number of amides is 1. The Morgan fingerprint density at radius 2 is 2.14 bits per heavy atom. The van der Waals surface area contributed by atoms with Gasteiger partial charge in [-0.05, 0) is 36.5 Å². The Kier molecular flexibility index (Phi) is 4.83. The summed E-state index contributed by atoms with van der Waals surface area (Å²) in [7, 11) is 0. The molecule has 5 heteroatoms. The minimum absolute atomic E-state index is 0.164. The summed E-state index contributed by atoms with van der Waals surface area (Å²) in [5.41, 5.74) is 2.78. The lowest BCUT2D eigenvalue weighted by Crippen LogP contribution is -2.33. The largest absolute Gasteiger partial charge is 0.481 e. The van der Waals surface area contributed by atoms with Crippen LogP contribution in [0.1, 0.15) is 36.2 Å². The minimum atomic E-state index is -0.861. The van der Waals surface area contributed by atoms with Crippen LogP contribution in [-0.2, 0) is 11.2 Å². The molecule has 1 unspecified atom stereocenters. The highest BCUT2D eigenvalue weighted by molar-refractivity contribution is 5.95. The lowest BCUT2D eigenvalue weighted by molar-refractivity contribution is -0.142. The van der Waals surface area contributed by atoms with Gasteiger partial charge in [-0.15, -0.1) is 0 Å². The van der Waals surface area contributed by atoms with Gasteiger partial charge in [-0.2, -0.15) is 0 Å². The molecular formula is C16H22N2O3. The van der Waals surface area contributed by atoms with Gasteiger partial charge in [-0.3, -0.25) is 9.59 Å². The first-order chi connectivity index (χ1) is 9.97. The van der Waals surface area contributed by atoms with E-state index in [1.54, 1.807) is 6.07 Å². The third-order valence-corrected chi connectivity index (χ3v) is 3.70. The number of fused-ring (bicyclic) bond motifs is 1. The number of rotatable bonds is 6. The van der Waals surface area contributed by atoms with Gasteiger partial charge in [-0.1, -0.05) is 19.9 Å². The van der Waals surface area contributed by atoms with Crippen molar-refractivity contribution in [1.29, 1.82) is 0 Å². The van der Waals surface area contributed by atoms with Crippen molar-refractivity contribution in [3.8, 4) is 0 Å². The first-order valence-corrected chi connectivity index (χ1v) is 7.35. The van der Waals surface area contributed by atoms with Crippen LogP contribution in [0.25, 0.3) is 0 Å². The van der Waals surface area contributed by atoms with Gasteiger partial charge in [0.1, 0.15) is 0 Å². The van der Waals surface area contributed by atoms with Gasteiger partial charge in [0, 0.05) is 24.3 Å². The van der Waals surface area contributed by atoms with Crippen LogP contribution in [0, 0.1) is 11.8 Å². The van der Waals surface area contributed by atoms with Gasteiger partial charge in [0.05, 0.1) is 5.92 Å². The van der Waals surface area contributed by atoms with Crippen molar-refractivity contribution in [2.45, 2.75) is 26.7 Å². The van der Waals surface area contributed by atoms with Crippen molar-refractivity contribution >= 4 is 17.6 Å². The second-order valence-electron chi connectivity index (χ2n) is 5.92. The van der Waals surface area contributed by atoms with Crippen molar-refractivity contribution in [1.82, 2.24) is 5.32 Å². The first-order valence-electron chi connectivity index (χ1n) is 7.35. The minimum Gasteiger partial charge on any atom is -0.481 e. The Morgan fingerprint density at radius 1 is 1.38 bits per heavy atom. The quantitative estimate of drug-likeness (QED) is 0.750. The maximum atomic E-state index is 12.1. The van der Waals surface area contributed by atoms with Gasteiger partial charge in [-0.25, -0.2) is 0 Å². The van der Waals surface area contributed by atoms with Gasteiger partial charge < -0.3 is 15.7 Å². The highest BCUT2D eigenvalue weighted by atomic mass is 16.4. The van der Waals surface area contributed by atoms with Gasteiger partial charge in [0.2, 0.25) is 0 Å². The van der Waals surface area contributed by atoms with E-state index in [9.17, 15) is 14.7 Å². The fourth-order valence-corrected chi connectivity index (χ4v) is 2.59. The summed E-state index contributed by atoms with van der Waals surface area (Å²) in [6.07, 6.45) is 1.54. The molecule has 0 aromatic heterocycles. The average Bonchev–Trinajstić information content (AvgIpc) is 2.89. The first kappa shape index (κ1) is 15.4. The maximum Gasteiger partial charge on any atom is 0.308 e. The molecule has 0 saturated carbocycles. The number of anilines is 1. The maximum absolute atomic E-state index is 12.1. The van der Waals surface area contributed by atoms with Gasteiger partial charge >= 0.3 is 5.97 Å². The Labute approximate surface area is 124 Å². The summed E-state index contributed by atoms with van der Waals surface area (Å²) in [4.78, 5) is 23.3. The molecule has 3 N–H and O–H groups in total. The molecule has 1 aromatic rings. The zero-order valence-electron chi connectivity index (χ0n) is 12.5. The van der Waals surface area contributed by atoms with Crippen LogP contribution in [0.3, 0.4) is 0 Å². The third kappa shape index (κ3) is 3.97. The van der Waals surface area contributed by atoms with E-state index >= 15 is 0 Å². The molecule has 1 heterocycles. The predicted octanol–water partition coefficient (Wildman–Crippen LogP) is 2.13. The Morgan fingerprint density at radius 3 is 2.81 bits per heavy atom. The van der Waals surface area contributed by atoms with E-state index in [-0.39, 0.29) is 18.4 Å². The van der Waals surface area contributed by atoms with Crippen LogP contribution in [0.4, 0.5) is 5.69 Å². The number of aliphatic carboxylic acids is 1. The molecule has 0 radical (unpaired) electrons. The van der Waals surface area contributed by atoms with Crippen LogP contribution < -0.4 is 10.6 Å². The fourth-order valence-electron chi connectivity index (χ4n) is 2.59. The third-order valence-electron chi connectivity index (χ3n) is 3.70. The summed E-state index contributed by atoms with van der Waals surface area (Å²) < 4.78 is 0. The van der Waals surface area contributed by atoms with Crippen LogP contribution in [0.5, 0.6) is 0 Å². The van der Waals surface area contributed by atoms with E-state index in [0.29, 0.717) is 12.0 Å². The molecule has 1 amide bonds. The molecule has 21 heavy (non-hydrogen) atoms. The van der Waals surface area contributed by atoms with E-state index in [4.69, 9.17) is 0 Å². The summed E-state index contributed by atoms with van der Waals surface area (Å²) >= 11 is 0. The van der Waals surface area contributed by atoms with Gasteiger partial charge in [0.25, 0.3) is 5.91 Å². The highest BCUT2D eigenvalue weighted by Gasteiger charge is 2.20. The van der Waals surface area contributed by atoms with E-state index in [2.05, 4.69) is 10.6 Å². The van der Waals surface area contributed by atoms with Crippen LogP contribution in [0.15, 0.2) is 18.2 Å². The molecule has 1 aliphatic rings. The Balaban J connectivity index is 1.96. The summed E-state index contributed by atoms with van der Waals surface area (Å²) in [5.74, 6) is -1.34. The number of nitrogens with one attached hydrogen (secondary N) is 2. The molecule has 0 spiro atoms. The topological polar surface area (TPSA) is 78.4 Å². The number of benzene rings is 1. The van der Waals surface area contributed by atoms with Crippen LogP contribution >= 0.6 is 0 Å². The normalized spacial score (nSPS) is 14.4. The lowest BCUT2D eigenvalue weighted by atomic mass is 9.97. The number of carboxylic acid groups (broad SMARTS) is 1. The standard InChI is InChI=1S/C16H22N2O3/c1-10(2)7-13(16(20)21)9-18-15(19)12-4-3-11-5-6-17-14(11)8-12/h3-4,8,10,13,17H,5-7,9H2,1-2H3,(H,18,19)(H,20,21). The molecule has 0 saturated heterocycles. The van der Waals surface area contributed by atoms with E-state index in [0.717, 1.165) is 18.7 Å². The molecule has 2 rings (SSSR count). The summed E-state index contributed by atoms with van der Waals surface area (Å²) in [5, 5.41) is 15.1. The summed E-state index contributed by atoms with van der Waals surface area (Å²) in [6, 6.07) is 5.57. The average molecular weight is 290 g/mol. The van der Waals surface area contributed by atoms with E-state index < -0.39 is 11.9 Å². The van der Waals surface area contributed by atoms with Crippen LogP contribution in [-0.4, -0.2) is 30.1 Å². The lowest BCUT2D eigenvalue weighted by Gasteiger charge is -2.15. The van der Waals surface area contributed by atoms with Crippen molar-refractivity contribution in [2.75, 3.05) is 18.4 Å². The number of carbonyl (C=O) groups excluding carboxylic acids is 1. The molecule has 114 valence electrons. The molecule has 1 aromatic carbocycles. The Bertz CT molecular complexity index is 540. The molecule has 0 fully saturated rings. The van der Waals surface area contributed by atoms with Crippen molar-refractivity contribution in [3.63, 3.8) is 0 Å². The van der Waals surface area contributed by atoms with Crippen molar-refractivity contribution in [2.24, 2.45) is 11.8 Å². The predicted molar refractivity (Wildman–Crippen MR) is 81.5 cm³/mol. The Hall–Kier alpha value is -2.04. The summed E-state index contributed by atoms with van der Waals surface area (Å²) in [6.45, 7) is 5.01.